The van der Waals surface area contributed by atoms with E-state index in [1.165, 1.54) is 6.92 Å². The van der Waals surface area contributed by atoms with Crippen molar-refractivity contribution < 1.29 is 40.9 Å². The molecule has 0 unspecified atom stereocenters. The summed E-state index contributed by atoms with van der Waals surface area (Å²) in [5, 5.41) is 31.0. The number of aromatic nitrogens is 2. The van der Waals surface area contributed by atoms with Crippen LogP contribution in [0, 0.1) is 8.78 Å². The summed E-state index contributed by atoms with van der Waals surface area (Å²) in [6.07, 6.45) is 6.67. The summed E-state index contributed by atoms with van der Waals surface area (Å²) in [5.74, 6) is 0.254. The van der Waals surface area contributed by atoms with Gasteiger partial charge in [0.1, 0.15) is 0 Å². The van der Waals surface area contributed by atoms with Crippen LogP contribution in [0.5, 0.6) is 0 Å². The molecule has 0 spiro atoms. The smallest absolute Gasteiger partial charge is 0.0163 e. The van der Waals surface area contributed by atoms with Crippen molar-refractivity contribution in [3.8, 4) is 0 Å². The van der Waals surface area contributed by atoms with E-state index in [-0.39, 0.29) is 15.1 Å². The normalized spacial score (nSPS) is 15.2. The third-order valence-corrected chi connectivity index (χ3v) is 7.16. The predicted molar refractivity (Wildman–Crippen MR) is 117 cm³/mol. The van der Waals surface area contributed by atoms with Gasteiger partial charge in [-0.1, -0.05) is 6.08 Å². The Hall–Kier alpha value is -2.13. The fraction of sp³-hybridized carbons (Fsp3) is 0.524. The van der Waals surface area contributed by atoms with E-state index in [0.29, 0.717) is 27.6 Å². The van der Waals surface area contributed by atoms with E-state index >= 15 is 0 Å². The van der Waals surface area contributed by atoms with Gasteiger partial charge in [0.25, 0.3) is 0 Å². The summed E-state index contributed by atoms with van der Waals surface area (Å²) in [6.45, 7) is 6.12. The molecule has 1 aliphatic heterocycles. The number of nitrogens with zero attached hydrogens (tertiary/aromatic N) is 5. The van der Waals surface area contributed by atoms with Gasteiger partial charge in [-0.05, 0) is 13.0 Å². The Balaban J connectivity index is 1.32. The van der Waals surface area contributed by atoms with Crippen LogP contribution >= 0.6 is 0 Å². The van der Waals surface area contributed by atoms with Gasteiger partial charge in [-0.3, -0.25) is 9.69 Å². The van der Waals surface area contributed by atoms with Crippen LogP contribution in [0.1, 0.15) is 32.6 Å². The molecule has 0 saturated carbocycles. The molecular formula is C21H29IN6O5-2. The molecule has 0 aliphatic carbocycles. The zero-order valence-electron chi connectivity index (χ0n) is 18.6. The molecule has 1 saturated heterocycles. The number of halogens is 1. The van der Waals surface area contributed by atoms with Crippen molar-refractivity contribution in [2.75, 3.05) is 44.6 Å². The summed E-state index contributed by atoms with van der Waals surface area (Å²) in [5.41, 5.74) is 1.80. The first-order valence-corrected chi connectivity index (χ1v) is 13.0. The van der Waals surface area contributed by atoms with E-state index in [9.17, 15) is 14.8 Å². The zero-order chi connectivity index (χ0) is 23.6. The van der Waals surface area contributed by atoms with E-state index in [0.717, 1.165) is 57.7 Å². The van der Waals surface area contributed by atoms with E-state index in [1.807, 2.05) is 17.0 Å². The van der Waals surface area contributed by atoms with Crippen molar-refractivity contribution in [3.05, 3.63) is 33.1 Å². The fourth-order valence-electron chi connectivity index (χ4n) is 3.63. The van der Waals surface area contributed by atoms with E-state index < -0.39 is 21.5 Å². The maximum atomic E-state index is 12.5. The molecule has 12 heteroatoms. The number of fused-ring (bicyclic) bond motifs is 1. The average Bonchev–Trinajstić information content (AvgIpc) is 3.28. The molecule has 2 aromatic rings. The first-order chi connectivity index (χ1) is 15.9. The van der Waals surface area contributed by atoms with E-state index in [2.05, 4.69) is 20.5 Å². The Kier molecular flexibility index (Phi) is 9.99. The number of piperazine rings is 1. The van der Waals surface area contributed by atoms with Crippen molar-refractivity contribution in [1.29, 1.82) is 0 Å². The van der Waals surface area contributed by atoms with Crippen LogP contribution in [0.4, 0.5) is 5.69 Å². The molecule has 0 atom stereocenters. The second-order valence-corrected chi connectivity index (χ2v) is 10.3. The van der Waals surface area contributed by atoms with Crippen LogP contribution in [-0.4, -0.2) is 79.7 Å². The largest absolute Gasteiger partial charge is 0.0333 e. The molecule has 1 aliphatic rings. The number of rotatable bonds is 12. The predicted octanol–water partition coefficient (Wildman–Crippen LogP) is -1.15. The van der Waals surface area contributed by atoms with Gasteiger partial charge in [-0.15, -0.1) is 0 Å². The second kappa shape index (κ2) is 12.9. The Morgan fingerprint density at radius 3 is 2.70 bits per heavy atom. The molecule has 1 aromatic heterocycles. The number of hydrogen-bond acceptors (Lipinski definition) is 10. The molecular weight excluding hydrogens is 543 g/mol. The van der Waals surface area contributed by atoms with E-state index in [4.69, 9.17) is 9.84 Å². The standard InChI is InChI=1S/C21H29IN6O5/c1-16(29)6-5-11-26-12-14-27(15-13-26)19(30)7-3-2-4-10-23-18-9-8-17(22-28(31)32)20-21(18)25-33-24-20/h5-6,8-9,23,31H,2-4,7,10-15H2,1H3/q-2/b6-5+. The van der Waals surface area contributed by atoms with Crippen LogP contribution in [0.3, 0.4) is 0 Å². The SMILES string of the molecule is CC(=O)/C=C/CN1CCN(C(=O)CCCCCNc2ccc([I-]N([O-])O)c3nonc23)CC1. The quantitative estimate of drug-likeness (QED) is 0.105. The topological polar surface area (TPSA) is 138 Å². The molecule has 11 nitrogen and oxygen atoms in total. The summed E-state index contributed by atoms with van der Waals surface area (Å²) in [6, 6.07) is 3.56. The van der Waals surface area contributed by atoms with Gasteiger partial charge in [0.2, 0.25) is 0 Å². The van der Waals surface area contributed by atoms with Gasteiger partial charge in [-0.2, -0.15) is 0 Å². The Morgan fingerprint density at radius 2 is 1.97 bits per heavy atom. The first-order valence-electron chi connectivity index (χ1n) is 10.9. The molecule has 1 aromatic carbocycles. The van der Waals surface area contributed by atoms with Gasteiger partial charge >= 0.3 is 136 Å². The van der Waals surface area contributed by atoms with Gasteiger partial charge in [0, 0.05) is 32.7 Å². The maximum Gasteiger partial charge on any atom is 0.0333 e. The van der Waals surface area contributed by atoms with Crippen LogP contribution < -0.4 is 26.8 Å². The van der Waals surface area contributed by atoms with Crippen LogP contribution in [0.15, 0.2) is 28.9 Å². The maximum absolute atomic E-state index is 12.5. The number of unbranched alkanes of at least 4 members (excludes halogenated alkanes) is 2. The molecule has 33 heavy (non-hydrogen) atoms. The monoisotopic (exact) mass is 572 g/mol. The molecule has 1 amide bonds. The Bertz CT molecular complexity index is 958. The van der Waals surface area contributed by atoms with Gasteiger partial charge in [0.15, 0.2) is 5.78 Å². The number of carbonyl (C=O) groups is 2. The van der Waals surface area contributed by atoms with Crippen molar-refractivity contribution in [3.63, 3.8) is 0 Å². The minimum absolute atomic E-state index is 0.0508. The average molecular weight is 572 g/mol. The van der Waals surface area contributed by atoms with Gasteiger partial charge < -0.3 is 0 Å². The number of nitrogens with one attached hydrogen (secondary N) is 1. The summed E-state index contributed by atoms with van der Waals surface area (Å²) in [4.78, 5) is 27.6. The summed E-state index contributed by atoms with van der Waals surface area (Å²) in [7, 11) is 0. The third-order valence-electron chi connectivity index (χ3n) is 5.35. The number of carbonyl (C=O) groups excluding carboxylic acids is 2. The Labute approximate surface area is 202 Å². The van der Waals surface area contributed by atoms with Crippen LogP contribution in [-0.2, 0) is 9.59 Å². The molecule has 182 valence electrons. The minimum atomic E-state index is -1.28. The van der Waals surface area contributed by atoms with Crippen molar-refractivity contribution in [2.45, 2.75) is 32.6 Å². The molecule has 3 rings (SSSR count). The van der Waals surface area contributed by atoms with Crippen molar-refractivity contribution in [1.82, 2.24) is 23.6 Å². The first kappa shape index (κ1) is 25.5. The van der Waals surface area contributed by atoms with Crippen LogP contribution in [0.25, 0.3) is 11.0 Å². The van der Waals surface area contributed by atoms with Crippen molar-refractivity contribution in [2.24, 2.45) is 0 Å². The molecule has 1 fully saturated rings. The second-order valence-electron chi connectivity index (χ2n) is 7.80. The minimum Gasteiger partial charge on any atom is 0.0163 e. The number of allylic oxidation sites excluding steroid dienone is 1. The number of benzene rings is 1. The molecule has 0 radical (unpaired) electrons. The molecule has 0 bridgehead atoms. The van der Waals surface area contributed by atoms with E-state index in [1.54, 1.807) is 12.1 Å². The zero-order valence-corrected chi connectivity index (χ0v) is 20.7. The third kappa shape index (κ3) is 7.99. The fourth-order valence-corrected chi connectivity index (χ4v) is 5.00. The van der Waals surface area contributed by atoms with Gasteiger partial charge in [0.05, 0.1) is 0 Å². The van der Waals surface area contributed by atoms with Crippen molar-refractivity contribution >= 4 is 28.4 Å². The summed E-state index contributed by atoms with van der Waals surface area (Å²) < 4.78 is 5.39. The van der Waals surface area contributed by atoms with Gasteiger partial charge in [-0.25, -0.2) is 0 Å². The summed E-state index contributed by atoms with van der Waals surface area (Å²) >= 11 is -1.28. The Morgan fingerprint density at radius 1 is 1.21 bits per heavy atom. The number of anilines is 1. The van der Waals surface area contributed by atoms with Crippen LogP contribution in [0.2, 0.25) is 0 Å². The number of amides is 1. The molecule has 2 heterocycles. The number of ketones is 1. The molecule has 2 N–H and O–H groups in total. The number of hydrogen-bond donors (Lipinski definition) is 2.